The highest BCUT2D eigenvalue weighted by Gasteiger charge is 2.32. The fourth-order valence-electron chi connectivity index (χ4n) is 2.86. The van der Waals surface area contributed by atoms with E-state index in [1.54, 1.807) is 12.1 Å². The van der Waals surface area contributed by atoms with E-state index in [1.807, 2.05) is 0 Å². The maximum absolute atomic E-state index is 12.4. The molecule has 128 valence electrons. The minimum Gasteiger partial charge on any atom is -0.427 e. The molecule has 0 bridgehead atoms. The predicted molar refractivity (Wildman–Crippen MR) is 85.2 cm³/mol. The number of hydrogen-bond donors (Lipinski definition) is 2. The van der Waals surface area contributed by atoms with Gasteiger partial charge in [0, 0.05) is 25.3 Å². The smallest absolute Gasteiger partial charge is 0.308 e. The highest BCUT2D eigenvalue weighted by atomic mass is 16.5. The van der Waals surface area contributed by atoms with Crippen LogP contribution in [0.5, 0.6) is 5.75 Å². The summed E-state index contributed by atoms with van der Waals surface area (Å²) < 4.78 is 4.93. The maximum atomic E-state index is 12.4. The summed E-state index contributed by atoms with van der Waals surface area (Å²) >= 11 is 0. The van der Waals surface area contributed by atoms with E-state index >= 15 is 0 Å². The molecule has 0 unspecified atom stereocenters. The third-order valence-electron chi connectivity index (χ3n) is 3.94. The fraction of sp³-hybridized carbons (Fsp3) is 0.412. The van der Waals surface area contributed by atoms with Crippen molar-refractivity contribution in [2.75, 3.05) is 0 Å². The molecule has 1 aromatic carbocycles. The first-order chi connectivity index (χ1) is 11.4. The van der Waals surface area contributed by atoms with Crippen LogP contribution in [0.15, 0.2) is 24.3 Å². The van der Waals surface area contributed by atoms with Gasteiger partial charge in [0.25, 0.3) is 5.91 Å². The van der Waals surface area contributed by atoms with Gasteiger partial charge in [0.05, 0.1) is 0 Å². The molecule has 1 saturated carbocycles. The summed E-state index contributed by atoms with van der Waals surface area (Å²) in [5, 5.41) is 2.60. The highest BCUT2D eigenvalue weighted by molar-refractivity contribution is 5.98. The standard InChI is InChI=1S/C17H20N2O5/c1-10(20)24-14-7-3-5-12(9-14)17(23)19-15(16(18)22)11-4-2-6-13(21)8-11/h3,5,7,9,11,15H,2,4,6,8H2,1H3,(H2,18,22)(H,19,23)/t11-,15+/m1/s1. The van der Waals surface area contributed by atoms with E-state index in [0.29, 0.717) is 19.3 Å². The topological polar surface area (TPSA) is 116 Å². The number of ketones is 1. The van der Waals surface area contributed by atoms with Crippen molar-refractivity contribution in [1.82, 2.24) is 5.32 Å². The molecule has 2 amide bonds. The summed E-state index contributed by atoms with van der Waals surface area (Å²) in [4.78, 5) is 46.7. The van der Waals surface area contributed by atoms with Crippen molar-refractivity contribution in [2.24, 2.45) is 11.7 Å². The number of carbonyl (C=O) groups is 4. The molecular weight excluding hydrogens is 312 g/mol. The highest BCUT2D eigenvalue weighted by Crippen LogP contribution is 2.25. The number of Topliss-reactive ketones (excluding diaryl/α,β-unsaturated/α-hetero) is 1. The number of amides is 2. The third kappa shape index (κ3) is 4.65. The molecule has 7 nitrogen and oxygen atoms in total. The molecule has 2 rings (SSSR count). The molecule has 1 aromatic rings. The van der Waals surface area contributed by atoms with Crippen molar-refractivity contribution in [3.8, 4) is 5.75 Å². The second-order valence-corrected chi connectivity index (χ2v) is 5.87. The number of ether oxygens (including phenoxy) is 1. The summed E-state index contributed by atoms with van der Waals surface area (Å²) in [5.74, 6) is -1.65. The van der Waals surface area contributed by atoms with Crippen LogP contribution in [0, 0.1) is 5.92 Å². The van der Waals surface area contributed by atoms with Crippen LogP contribution in [0.1, 0.15) is 43.0 Å². The second-order valence-electron chi connectivity index (χ2n) is 5.87. The molecule has 0 saturated heterocycles. The van der Waals surface area contributed by atoms with Gasteiger partial charge in [0.2, 0.25) is 5.91 Å². The Kier molecular flexibility index (Phi) is 5.68. The van der Waals surface area contributed by atoms with Crippen LogP contribution >= 0.6 is 0 Å². The summed E-state index contributed by atoms with van der Waals surface area (Å²) in [5.41, 5.74) is 5.64. The van der Waals surface area contributed by atoms with E-state index in [0.717, 1.165) is 0 Å². The van der Waals surface area contributed by atoms with Gasteiger partial charge in [-0.15, -0.1) is 0 Å². The van der Waals surface area contributed by atoms with Crippen LogP contribution in [0.4, 0.5) is 0 Å². The molecule has 0 heterocycles. The lowest BCUT2D eigenvalue weighted by molar-refractivity contribution is -0.132. The van der Waals surface area contributed by atoms with E-state index < -0.39 is 23.8 Å². The first kappa shape index (κ1) is 17.7. The number of nitrogens with one attached hydrogen (secondary N) is 1. The Morgan fingerprint density at radius 2 is 2.08 bits per heavy atom. The van der Waals surface area contributed by atoms with Crippen molar-refractivity contribution in [3.63, 3.8) is 0 Å². The zero-order chi connectivity index (χ0) is 17.7. The predicted octanol–water partition coefficient (Wildman–Crippen LogP) is 0.955. The van der Waals surface area contributed by atoms with Crippen molar-refractivity contribution in [2.45, 2.75) is 38.6 Å². The van der Waals surface area contributed by atoms with Crippen LogP contribution < -0.4 is 15.8 Å². The number of esters is 1. The Labute approximate surface area is 139 Å². The summed E-state index contributed by atoms with van der Waals surface area (Å²) in [7, 11) is 0. The van der Waals surface area contributed by atoms with E-state index in [9.17, 15) is 19.2 Å². The molecule has 0 aliphatic heterocycles. The molecule has 3 N–H and O–H groups in total. The minimum absolute atomic E-state index is 0.0728. The normalized spacial score (nSPS) is 18.5. The molecule has 24 heavy (non-hydrogen) atoms. The van der Waals surface area contributed by atoms with Crippen LogP contribution in [0.25, 0.3) is 0 Å². The quantitative estimate of drug-likeness (QED) is 0.615. The number of nitrogens with two attached hydrogens (primary N) is 1. The van der Waals surface area contributed by atoms with E-state index in [1.165, 1.54) is 19.1 Å². The number of carbonyl (C=O) groups excluding carboxylic acids is 4. The molecule has 7 heteroatoms. The summed E-state index contributed by atoms with van der Waals surface area (Å²) in [6.45, 7) is 1.26. The van der Waals surface area contributed by atoms with Crippen LogP contribution in [-0.4, -0.2) is 29.6 Å². The Hall–Kier alpha value is -2.70. The molecule has 2 atom stereocenters. The lowest BCUT2D eigenvalue weighted by atomic mass is 9.82. The van der Waals surface area contributed by atoms with Gasteiger partial charge in [-0.3, -0.25) is 19.2 Å². The average Bonchev–Trinajstić information content (AvgIpc) is 2.51. The van der Waals surface area contributed by atoms with Gasteiger partial charge in [-0.05, 0) is 37.0 Å². The van der Waals surface area contributed by atoms with Gasteiger partial charge >= 0.3 is 5.97 Å². The summed E-state index contributed by atoms with van der Waals surface area (Å²) in [6, 6.07) is 5.15. The molecule has 1 aliphatic carbocycles. The average molecular weight is 332 g/mol. The maximum Gasteiger partial charge on any atom is 0.308 e. The summed E-state index contributed by atoms with van der Waals surface area (Å²) in [6.07, 6.45) is 2.08. The van der Waals surface area contributed by atoms with Gasteiger partial charge in [-0.2, -0.15) is 0 Å². The van der Waals surface area contributed by atoms with Gasteiger partial charge in [0.1, 0.15) is 17.6 Å². The Morgan fingerprint density at radius 3 is 2.71 bits per heavy atom. The van der Waals surface area contributed by atoms with Gasteiger partial charge in [0.15, 0.2) is 0 Å². The molecule has 1 aliphatic rings. The Morgan fingerprint density at radius 1 is 1.33 bits per heavy atom. The number of benzene rings is 1. The van der Waals surface area contributed by atoms with Crippen molar-refractivity contribution in [3.05, 3.63) is 29.8 Å². The first-order valence-electron chi connectivity index (χ1n) is 7.77. The lowest BCUT2D eigenvalue weighted by Gasteiger charge is -2.28. The SMILES string of the molecule is CC(=O)Oc1cccc(C(=O)N[C@H](C(N)=O)[C@@H]2CCCC(=O)C2)c1. The van der Waals surface area contributed by atoms with Crippen LogP contribution in [0.2, 0.25) is 0 Å². The first-order valence-corrected chi connectivity index (χ1v) is 7.77. The van der Waals surface area contributed by atoms with Gasteiger partial charge in [-0.25, -0.2) is 0 Å². The zero-order valence-electron chi connectivity index (χ0n) is 13.4. The number of rotatable bonds is 5. The zero-order valence-corrected chi connectivity index (χ0v) is 13.4. The number of primary amides is 1. The van der Waals surface area contributed by atoms with E-state index in [4.69, 9.17) is 10.5 Å². The number of hydrogen-bond acceptors (Lipinski definition) is 5. The lowest BCUT2D eigenvalue weighted by Crippen LogP contribution is -2.50. The molecule has 0 radical (unpaired) electrons. The van der Waals surface area contributed by atoms with E-state index in [-0.39, 0.29) is 29.4 Å². The molecule has 0 aromatic heterocycles. The van der Waals surface area contributed by atoms with Crippen molar-refractivity contribution < 1.29 is 23.9 Å². The van der Waals surface area contributed by atoms with E-state index in [2.05, 4.69) is 5.32 Å². The monoisotopic (exact) mass is 332 g/mol. The van der Waals surface area contributed by atoms with Gasteiger partial charge in [-0.1, -0.05) is 6.07 Å². The van der Waals surface area contributed by atoms with Crippen LogP contribution in [0.3, 0.4) is 0 Å². The van der Waals surface area contributed by atoms with Gasteiger partial charge < -0.3 is 15.8 Å². The molecule has 1 fully saturated rings. The van der Waals surface area contributed by atoms with Crippen LogP contribution in [-0.2, 0) is 14.4 Å². The molecular formula is C17H20N2O5. The van der Waals surface area contributed by atoms with Crippen molar-refractivity contribution in [1.29, 1.82) is 0 Å². The molecule has 0 spiro atoms. The minimum atomic E-state index is -0.904. The fourth-order valence-corrected chi connectivity index (χ4v) is 2.86. The third-order valence-corrected chi connectivity index (χ3v) is 3.94. The van der Waals surface area contributed by atoms with Crippen molar-refractivity contribution >= 4 is 23.6 Å². The Bertz CT molecular complexity index is 671. The Balaban J connectivity index is 2.11. The largest absolute Gasteiger partial charge is 0.427 e. The second kappa shape index (κ2) is 7.72.